The maximum absolute atomic E-state index is 12.3. The first-order valence-corrected chi connectivity index (χ1v) is 7.91. The number of ether oxygens (including phenoxy) is 2. The number of carbonyl (C=O) groups is 1. The van der Waals surface area contributed by atoms with Gasteiger partial charge in [-0.05, 0) is 48.0 Å². The Kier molecular flexibility index (Phi) is 6.03. The second kappa shape index (κ2) is 8.22. The van der Waals surface area contributed by atoms with Crippen molar-refractivity contribution in [3.8, 4) is 23.3 Å². The number of amides is 1. The molecule has 0 aliphatic heterocycles. The van der Waals surface area contributed by atoms with E-state index in [4.69, 9.17) is 9.47 Å². The van der Waals surface area contributed by atoms with Gasteiger partial charge in [0.15, 0.2) is 11.5 Å². The lowest BCUT2D eigenvalue weighted by Gasteiger charge is -2.10. The van der Waals surface area contributed by atoms with Crippen LogP contribution in [0.1, 0.15) is 5.56 Å². The summed E-state index contributed by atoms with van der Waals surface area (Å²) in [6.45, 7) is 0. The van der Waals surface area contributed by atoms with Gasteiger partial charge in [-0.1, -0.05) is 15.9 Å². The number of benzene rings is 2. The van der Waals surface area contributed by atoms with Crippen molar-refractivity contribution in [2.24, 2.45) is 0 Å². The molecule has 2 aromatic rings. The van der Waals surface area contributed by atoms with Crippen molar-refractivity contribution in [3.63, 3.8) is 0 Å². The van der Waals surface area contributed by atoms with Crippen molar-refractivity contribution in [1.82, 2.24) is 0 Å². The molecule has 0 saturated heterocycles. The topological polar surface area (TPSA) is 91.6 Å². The largest absolute Gasteiger partial charge is 0.502 e. The summed E-state index contributed by atoms with van der Waals surface area (Å²) in [6, 6.07) is 11.9. The Morgan fingerprint density at radius 1 is 1.20 bits per heavy atom. The summed E-state index contributed by atoms with van der Waals surface area (Å²) in [7, 11) is 2.79. The van der Waals surface area contributed by atoms with E-state index < -0.39 is 5.91 Å². The first-order valence-electron chi connectivity index (χ1n) is 7.12. The molecule has 2 rings (SSSR count). The van der Waals surface area contributed by atoms with Crippen LogP contribution < -0.4 is 14.8 Å². The summed E-state index contributed by atoms with van der Waals surface area (Å²) >= 11 is 3.31. The van der Waals surface area contributed by atoms with Crippen molar-refractivity contribution < 1.29 is 19.4 Å². The lowest BCUT2D eigenvalue weighted by atomic mass is 10.1. The third-order valence-electron chi connectivity index (χ3n) is 3.28. The number of nitrogens with one attached hydrogen (secondary N) is 1. The van der Waals surface area contributed by atoms with E-state index in [2.05, 4.69) is 21.2 Å². The second-order valence-electron chi connectivity index (χ2n) is 4.90. The molecule has 0 aliphatic carbocycles. The molecule has 2 aromatic carbocycles. The van der Waals surface area contributed by atoms with Crippen LogP contribution in [0.2, 0.25) is 0 Å². The average Bonchev–Trinajstić information content (AvgIpc) is 2.62. The molecule has 0 unspecified atom stereocenters. The standard InChI is InChI=1S/C18H15BrN2O4/c1-24-15-8-11(9-16(25-2)17(15)22)7-12(10-20)18(23)21-14-5-3-13(19)4-6-14/h3-9,22H,1-2H3,(H,21,23)/b12-7-. The Bertz CT molecular complexity index is 829. The molecule has 0 heterocycles. The van der Waals surface area contributed by atoms with Gasteiger partial charge in [-0.25, -0.2) is 0 Å². The number of phenols is 1. The first kappa shape index (κ1) is 18.4. The van der Waals surface area contributed by atoms with E-state index in [0.717, 1.165) is 4.47 Å². The molecule has 2 N–H and O–H groups in total. The van der Waals surface area contributed by atoms with Gasteiger partial charge in [0.2, 0.25) is 5.75 Å². The van der Waals surface area contributed by atoms with E-state index in [0.29, 0.717) is 11.3 Å². The summed E-state index contributed by atoms with van der Waals surface area (Å²) in [6.07, 6.45) is 1.39. The number of hydrogen-bond donors (Lipinski definition) is 2. The Balaban J connectivity index is 2.32. The minimum atomic E-state index is -0.546. The van der Waals surface area contributed by atoms with E-state index in [1.807, 2.05) is 6.07 Å². The Morgan fingerprint density at radius 2 is 1.76 bits per heavy atom. The fraction of sp³-hybridized carbons (Fsp3) is 0.111. The number of phenolic OH excluding ortho intramolecular Hbond substituents is 1. The number of rotatable bonds is 5. The predicted octanol–water partition coefficient (Wildman–Crippen LogP) is 3.72. The Labute approximate surface area is 153 Å². The van der Waals surface area contributed by atoms with Crippen LogP contribution in [0.15, 0.2) is 46.4 Å². The summed E-state index contributed by atoms with van der Waals surface area (Å²) in [5, 5.41) is 21.8. The molecule has 0 spiro atoms. The number of methoxy groups -OCH3 is 2. The maximum Gasteiger partial charge on any atom is 0.266 e. The van der Waals surface area contributed by atoms with Gasteiger partial charge in [-0.2, -0.15) is 5.26 Å². The molecule has 7 heteroatoms. The zero-order valence-electron chi connectivity index (χ0n) is 13.5. The number of halogens is 1. The molecule has 0 aromatic heterocycles. The minimum Gasteiger partial charge on any atom is -0.502 e. The molecule has 0 bridgehead atoms. The van der Waals surface area contributed by atoms with Crippen molar-refractivity contribution in [2.45, 2.75) is 0 Å². The van der Waals surface area contributed by atoms with Crippen molar-refractivity contribution in [1.29, 1.82) is 5.26 Å². The van der Waals surface area contributed by atoms with Crippen LogP contribution in [-0.2, 0) is 4.79 Å². The molecule has 0 aliphatic rings. The van der Waals surface area contributed by atoms with E-state index in [-0.39, 0.29) is 22.8 Å². The van der Waals surface area contributed by atoms with E-state index in [9.17, 15) is 15.2 Å². The van der Waals surface area contributed by atoms with Gasteiger partial charge >= 0.3 is 0 Å². The lowest BCUT2D eigenvalue weighted by Crippen LogP contribution is -2.13. The predicted molar refractivity (Wildman–Crippen MR) is 97.6 cm³/mol. The molecular formula is C18H15BrN2O4. The van der Waals surface area contributed by atoms with Gasteiger partial charge in [0.05, 0.1) is 14.2 Å². The van der Waals surface area contributed by atoms with Gasteiger partial charge in [-0.3, -0.25) is 4.79 Å². The van der Waals surface area contributed by atoms with Gasteiger partial charge in [0.25, 0.3) is 5.91 Å². The number of nitriles is 1. The highest BCUT2D eigenvalue weighted by molar-refractivity contribution is 9.10. The van der Waals surface area contributed by atoms with Crippen molar-refractivity contribution in [3.05, 3.63) is 52.0 Å². The SMILES string of the molecule is COc1cc(/C=C(/C#N)C(=O)Nc2ccc(Br)cc2)cc(OC)c1O. The fourth-order valence-corrected chi connectivity index (χ4v) is 2.31. The molecule has 128 valence electrons. The Hall–Kier alpha value is -2.98. The van der Waals surface area contributed by atoms with Crippen molar-refractivity contribution in [2.75, 3.05) is 19.5 Å². The molecule has 1 amide bonds. The lowest BCUT2D eigenvalue weighted by molar-refractivity contribution is -0.112. The highest BCUT2D eigenvalue weighted by Crippen LogP contribution is 2.37. The van der Waals surface area contributed by atoms with Crippen LogP contribution in [0.4, 0.5) is 5.69 Å². The minimum absolute atomic E-state index is 0.0993. The van der Waals surface area contributed by atoms with E-state index >= 15 is 0 Å². The highest BCUT2D eigenvalue weighted by atomic mass is 79.9. The average molecular weight is 403 g/mol. The van der Waals surface area contributed by atoms with Crippen LogP contribution >= 0.6 is 15.9 Å². The first-order chi connectivity index (χ1) is 12.0. The monoisotopic (exact) mass is 402 g/mol. The van der Waals surface area contributed by atoms with Gasteiger partial charge in [0.1, 0.15) is 11.6 Å². The third kappa shape index (κ3) is 4.52. The molecule has 6 nitrogen and oxygen atoms in total. The number of aromatic hydroxyl groups is 1. The summed E-state index contributed by atoms with van der Waals surface area (Å²) in [5.74, 6) is -0.344. The van der Waals surface area contributed by atoms with E-state index in [1.165, 1.54) is 32.4 Å². The maximum atomic E-state index is 12.3. The number of nitrogens with zero attached hydrogens (tertiary/aromatic N) is 1. The second-order valence-corrected chi connectivity index (χ2v) is 5.82. The molecular weight excluding hydrogens is 388 g/mol. The van der Waals surface area contributed by atoms with Gasteiger partial charge in [0, 0.05) is 10.2 Å². The summed E-state index contributed by atoms with van der Waals surface area (Å²) in [5.41, 5.74) is 0.946. The quantitative estimate of drug-likeness (QED) is 0.587. The van der Waals surface area contributed by atoms with Gasteiger partial charge in [-0.15, -0.1) is 0 Å². The zero-order chi connectivity index (χ0) is 18.4. The number of hydrogen-bond acceptors (Lipinski definition) is 5. The normalized spacial score (nSPS) is 10.7. The van der Waals surface area contributed by atoms with Crippen LogP contribution in [0.25, 0.3) is 6.08 Å². The molecule has 0 saturated carbocycles. The molecule has 0 fully saturated rings. The van der Waals surface area contributed by atoms with Crippen LogP contribution in [0.5, 0.6) is 17.2 Å². The van der Waals surface area contributed by atoms with E-state index in [1.54, 1.807) is 24.3 Å². The smallest absolute Gasteiger partial charge is 0.266 e. The fourth-order valence-electron chi connectivity index (χ4n) is 2.04. The molecule has 25 heavy (non-hydrogen) atoms. The van der Waals surface area contributed by atoms with Crippen LogP contribution in [0.3, 0.4) is 0 Å². The zero-order valence-corrected chi connectivity index (χ0v) is 15.1. The summed E-state index contributed by atoms with van der Waals surface area (Å²) < 4.78 is 11.0. The third-order valence-corrected chi connectivity index (χ3v) is 3.81. The molecule has 0 radical (unpaired) electrons. The number of carbonyl (C=O) groups excluding carboxylic acids is 1. The van der Waals surface area contributed by atoms with Crippen molar-refractivity contribution >= 4 is 33.6 Å². The van der Waals surface area contributed by atoms with Crippen LogP contribution in [-0.4, -0.2) is 25.2 Å². The Morgan fingerprint density at radius 3 is 2.24 bits per heavy atom. The molecule has 0 atom stereocenters. The van der Waals surface area contributed by atoms with Crippen LogP contribution in [0, 0.1) is 11.3 Å². The van der Waals surface area contributed by atoms with Gasteiger partial charge < -0.3 is 19.9 Å². The highest BCUT2D eigenvalue weighted by Gasteiger charge is 2.13. The number of anilines is 1. The summed E-state index contributed by atoms with van der Waals surface area (Å²) in [4.78, 5) is 12.3.